The quantitative estimate of drug-likeness (QED) is 0.795. The van der Waals surface area contributed by atoms with Crippen molar-refractivity contribution in [3.05, 3.63) is 52.8 Å². The van der Waals surface area contributed by atoms with E-state index >= 15 is 0 Å². The van der Waals surface area contributed by atoms with Crippen molar-refractivity contribution in [2.24, 2.45) is 0 Å². The molecule has 1 amide bonds. The van der Waals surface area contributed by atoms with Gasteiger partial charge in [-0.15, -0.1) is 0 Å². The van der Waals surface area contributed by atoms with Crippen LogP contribution in [0, 0.1) is 5.82 Å². The third-order valence-electron chi connectivity index (χ3n) is 4.08. The van der Waals surface area contributed by atoms with Gasteiger partial charge >= 0.3 is 0 Å². The Morgan fingerprint density at radius 3 is 2.58 bits per heavy atom. The molecule has 7 heteroatoms. The third kappa shape index (κ3) is 4.74. The van der Waals surface area contributed by atoms with Crippen LogP contribution in [-0.2, 0) is 9.53 Å². The molecule has 0 aromatic heterocycles. The highest BCUT2D eigenvalue weighted by molar-refractivity contribution is 9.10. The smallest absolute Gasteiger partial charge is 0.265 e. The van der Waals surface area contributed by atoms with Crippen molar-refractivity contribution in [1.82, 2.24) is 0 Å². The number of halogens is 2. The number of morpholine rings is 1. The third-order valence-corrected chi connectivity index (χ3v) is 4.70. The molecule has 1 aliphatic heterocycles. The van der Waals surface area contributed by atoms with Gasteiger partial charge in [0.2, 0.25) is 0 Å². The van der Waals surface area contributed by atoms with E-state index in [0.29, 0.717) is 15.9 Å². The summed E-state index contributed by atoms with van der Waals surface area (Å²) in [6.07, 6.45) is -0.726. The minimum absolute atomic E-state index is 0.277. The van der Waals surface area contributed by atoms with Gasteiger partial charge in [-0.1, -0.05) is 0 Å². The summed E-state index contributed by atoms with van der Waals surface area (Å²) in [5.41, 5.74) is 1.80. The second-order valence-corrected chi connectivity index (χ2v) is 6.82. The van der Waals surface area contributed by atoms with Gasteiger partial charge < -0.3 is 19.7 Å². The van der Waals surface area contributed by atoms with Gasteiger partial charge in [0.25, 0.3) is 5.91 Å². The maximum atomic E-state index is 13.1. The van der Waals surface area contributed by atoms with Gasteiger partial charge in [0.1, 0.15) is 11.6 Å². The van der Waals surface area contributed by atoms with Gasteiger partial charge in [0.15, 0.2) is 6.10 Å². The van der Waals surface area contributed by atoms with Crippen molar-refractivity contribution in [3.63, 3.8) is 0 Å². The van der Waals surface area contributed by atoms with E-state index in [0.717, 1.165) is 32.0 Å². The Hall–Kier alpha value is -2.12. The van der Waals surface area contributed by atoms with Crippen molar-refractivity contribution in [1.29, 1.82) is 0 Å². The zero-order valence-electron chi connectivity index (χ0n) is 14.4. The number of nitrogens with one attached hydrogen (secondary N) is 1. The van der Waals surface area contributed by atoms with Crippen molar-refractivity contribution in [2.75, 3.05) is 36.5 Å². The van der Waals surface area contributed by atoms with Crippen LogP contribution < -0.4 is 15.0 Å². The van der Waals surface area contributed by atoms with E-state index in [2.05, 4.69) is 26.1 Å². The molecule has 0 radical (unpaired) electrons. The molecule has 1 atom stereocenters. The summed E-state index contributed by atoms with van der Waals surface area (Å²) in [6.45, 7) is 4.83. The Labute approximate surface area is 160 Å². The molecule has 0 spiro atoms. The molecule has 138 valence electrons. The maximum Gasteiger partial charge on any atom is 0.265 e. The predicted octanol–water partition coefficient (Wildman–Crippen LogP) is 3.83. The van der Waals surface area contributed by atoms with Crippen LogP contribution in [0.2, 0.25) is 0 Å². The normalized spacial score (nSPS) is 15.4. The monoisotopic (exact) mass is 422 g/mol. The van der Waals surface area contributed by atoms with E-state index in [9.17, 15) is 9.18 Å². The lowest BCUT2D eigenvalue weighted by Gasteiger charge is -2.29. The van der Waals surface area contributed by atoms with Crippen LogP contribution >= 0.6 is 15.9 Å². The van der Waals surface area contributed by atoms with E-state index in [4.69, 9.17) is 9.47 Å². The summed E-state index contributed by atoms with van der Waals surface area (Å²) in [5, 5.41) is 2.83. The second-order valence-electron chi connectivity index (χ2n) is 5.97. The molecule has 5 nitrogen and oxygen atoms in total. The van der Waals surface area contributed by atoms with E-state index < -0.39 is 6.10 Å². The number of hydrogen-bond donors (Lipinski definition) is 1. The molecule has 2 aromatic rings. The van der Waals surface area contributed by atoms with Crippen LogP contribution in [0.3, 0.4) is 0 Å². The average molecular weight is 423 g/mol. The number of anilines is 2. The fraction of sp³-hybridized carbons (Fsp3) is 0.316. The molecule has 26 heavy (non-hydrogen) atoms. The first-order valence-electron chi connectivity index (χ1n) is 8.38. The fourth-order valence-corrected chi connectivity index (χ4v) is 3.08. The van der Waals surface area contributed by atoms with E-state index in [1.54, 1.807) is 6.92 Å². The van der Waals surface area contributed by atoms with E-state index in [1.165, 1.54) is 18.2 Å². The van der Waals surface area contributed by atoms with Gasteiger partial charge in [-0.05, 0) is 65.3 Å². The lowest BCUT2D eigenvalue weighted by atomic mass is 10.2. The number of carbonyl (C=O) groups is 1. The van der Waals surface area contributed by atoms with Gasteiger partial charge in [0.05, 0.1) is 17.7 Å². The SMILES string of the molecule is CC(Oc1ccc(F)cc1Br)C(=O)Nc1ccc(N2CCOCC2)cc1. The Morgan fingerprint density at radius 1 is 1.23 bits per heavy atom. The molecule has 2 aromatic carbocycles. The number of rotatable bonds is 5. The summed E-state index contributed by atoms with van der Waals surface area (Å²) >= 11 is 3.23. The van der Waals surface area contributed by atoms with Crippen LogP contribution in [0.1, 0.15) is 6.92 Å². The number of ether oxygens (including phenoxy) is 2. The minimum atomic E-state index is -0.726. The molecule has 3 rings (SSSR count). The number of hydrogen-bond acceptors (Lipinski definition) is 4. The molecule has 1 saturated heterocycles. The topological polar surface area (TPSA) is 50.8 Å². The van der Waals surface area contributed by atoms with Crippen molar-refractivity contribution >= 4 is 33.2 Å². The predicted molar refractivity (Wildman–Crippen MR) is 102 cm³/mol. The van der Waals surface area contributed by atoms with E-state index in [1.807, 2.05) is 24.3 Å². The fourth-order valence-electron chi connectivity index (χ4n) is 2.64. The Morgan fingerprint density at radius 2 is 1.92 bits per heavy atom. The zero-order chi connectivity index (χ0) is 18.5. The molecule has 0 saturated carbocycles. The molecule has 1 fully saturated rings. The molecule has 0 bridgehead atoms. The van der Waals surface area contributed by atoms with Gasteiger partial charge in [-0.3, -0.25) is 4.79 Å². The Bertz CT molecular complexity index is 764. The minimum Gasteiger partial charge on any atom is -0.480 e. The number of nitrogens with zero attached hydrogens (tertiary/aromatic N) is 1. The van der Waals surface area contributed by atoms with E-state index in [-0.39, 0.29) is 11.7 Å². The summed E-state index contributed by atoms with van der Waals surface area (Å²) in [7, 11) is 0. The standard InChI is InChI=1S/C19H20BrFN2O3/c1-13(26-18-7-2-14(21)12-17(18)20)19(24)22-15-3-5-16(6-4-15)23-8-10-25-11-9-23/h2-7,12-13H,8-11H2,1H3,(H,22,24). The highest BCUT2D eigenvalue weighted by Gasteiger charge is 2.17. The summed E-state index contributed by atoms with van der Waals surface area (Å²) in [4.78, 5) is 14.6. The molecule has 1 N–H and O–H groups in total. The van der Waals surface area contributed by atoms with Gasteiger partial charge in [-0.25, -0.2) is 4.39 Å². The summed E-state index contributed by atoms with van der Waals surface area (Å²) in [5.74, 6) is -0.237. The molecular formula is C19H20BrFN2O3. The maximum absolute atomic E-state index is 13.1. The Kier molecular flexibility index (Phi) is 6.11. The van der Waals surface area contributed by atoms with Crippen LogP contribution in [-0.4, -0.2) is 38.3 Å². The van der Waals surface area contributed by atoms with Gasteiger partial charge in [-0.2, -0.15) is 0 Å². The Balaban J connectivity index is 1.58. The summed E-state index contributed by atoms with van der Waals surface area (Å²) in [6, 6.07) is 11.7. The van der Waals surface area contributed by atoms with Gasteiger partial charge in [0, 0.05) is 24.5 Å². The number of benzene rings is 2. The first kappa shape index (κ1) is 18.7. The van der Waals surface area contributed by atoms with Crippen LogP contribution in [0.25, 0.3) is 0 Å². The molecule has 1 aliphatic rings. The number of amides is 1. The lowest BCUT2D eigenvalue weighted by Crippen LogP contribution is -2.36. The van der Waals surface area contributed by atoms with Crippen LogP contribution in [0.15, 0.2) is 46.9 Å². The first-order chi connectivity index (χ1) is 12.5. The van der Waals surface area contributed by atoms with Crippen molar-refractivity contribution in [2.45, 2.75) is 13.0 Å². The highest BCUT2D eigenvalue weighted by Crippen LogP contribution is 2.26. The largest absolute Gasteiger partial charge is 0.480 e. The van der Waals surface area contributed by atoms with Crippen molar-refractivity contribution in [3.8, 4) is 5.75 Å². The van der Waals surface area contributed by atoms with Crippen LogP contribution in [0.5, 0.6) is 5.75 Å². The molecule has 1 unspecified atom stereocenters. The average Bonchev–Trinajstić information content (AvgIpc) is 2.65. The zero-order valence-corrected chi connectivity index (χ0v) is 16.0. The number of carbonyl (C=O) groups excluding carboxylic acids is 1. The first-order valence-corrected chi connectivity index (χ1v) is 9.17. The van der Waals surface area contributed by atoms with Crippen LogP contribution in [0.4, 0.5) is 15.8 Å². The molecule has 0 aliphatic carbocycles. The highest BCUT2D eigenvalue weighted by atomic mass is 79.9. The second kappa shape index (κ2) is 8.51. The molecular weight excluding hydrogens is 403 g/mol. The lowest BCUT2D eigenvalue weighted by molar-refractivity contribution is -0.122. The summed E-state index contributed by atoms with van der Waals surface area (Å²) < 4.78 is 24.5. The van der Waals surface area contributed by atoms with Crippen molar-refractivity contribution < 1.29 is 18.7 Å². The molecule has 1 heterocycles.